The molecule has 0 saturated carbocycles. The first-order valence-corrected chi connectivity index (χ1v) is 14.7. The highest BCUT2D eigenvalue weighted by Gasteiger charge is 2.30. The van der Waals surface area contributed by atoms with E-state index in [1.807, 2.05) is 72.3 Å². The summed E-state index contributed by atoms with van der Waals surface area (Å²) in [4.78, 5) is 39.3. The Balaban J connectivity index is 1.20. The number of morpholine rings is 1. The number of amides is 2. The van der Waals surface area contributed by atoms with Crippen molar-refractivity contribution in [2.45, 2.75) is 25.8 Å². The lowest BCUT2D eigenvalue weighted by Crippen LogP contribution is -2.50. The Morgan fingerprint density at radius 3 is 2.50 bits per heavy atom. The number of pyridine rings is 1. The third kappa shape index (κ3) is 5.39. The van der Waals surface area contributed by atoms with Gasteiger partial charge in [0, 0.05) is 57.9 Å². The molecule has 10 nitrogen and oxygen atoms in total. The van der Waals surface area contributed by atoms with Crippen molar-refractivity contribution in [2.75, 3.05) is 75.2 Å². The average molecular weight is 571 g/mol. The van der Waals surface area contributed by atoms with Gasteiger partial charge in [0.05, 0.1) is 54.3 Å². The number of likely N-dealkylation sites (tertiary alicyclic amines) is 1. The summed E-state index contributed by atoms with van der Waals surface area (Å²) >= 11 is 0. The van der Waals surface area contributed by atoms with Crippen molar-refractivity contribution >= 4 is 40.4 Å². The van der Waals surface area contributed by atoms with Crippen molar-refractivity contribution in [3.8, 4) is 5.75 Å². The molecule has 3 aliphatic heterocycles. The minimum absolute atomic E-state index is 0.0269. The summed E-state index contributed by atoms with van der Waals surface area (Å²) in [6, 6.07) is 15.6. The number of nitrogens with one attached hydrogen (secondary N) is 1. The van der Waals surface area contributed by atoms with E-state index in [4.69, 9.17) is 9.47 Å². The molecule has 42 heavy (non-hydrogen) atoms. The van der Waals surface area contributed by atoms with E-state index in [0.717, 1.165) is 63.6 Å². The summed E-state index contributed by atoms with van der Waals surface area (Å²) in [5.41, 5.74) is 4.36. The number of nitrogens with zero attached hydrogens (tertiary/aromatic N) is 5. The molecule has 2 amide bonds. The van der Waals surface area contributed by atoms with E-state index >= 15 is 0 Å². The van der Waals surface area contributed by atoms with Crippen LogP contribution in [0.15, 0.2) is 54.7 Å². The third-order valence-electron chi connectivity index (χ3n) is 8.49. The first-order chi connectivity index (χ1) is 20.4. The molecular formula is C32H38N6O4. The summed E-state index contributed by atoms with van der Waals surface area (Å²) in [6.45, 7) is 7.42. The normalized spacial score (nSPS) is 17.9. The maximum absolute atomic E-state index is 13.5. The lowest BCUT2D eigenvalue weighted by molar-refractivity contribution is 0.00158. The molecule has 0 bridgehead atoms. The Labute approximate surface area is 246 Å². The minimum atomic E-state index is -0.0806. The molecule has 0 aliphatic carbocycles. The molecule has 2 aromatic carbocycles. The predicted molar refractivity (Wildman–Crippen MR) is 164 cm³/mol. The van der Waals surface area contributed by atoms with E-state index < -0.39 is 0 Å². The fourth-order valence-electron chi connectivity index (χ4n) is 6.13. The van der Waals surface area contributed by atoms with Crippen LogP contribution >= 0.6 is 0 Å². The smallest absolute Gasteiger partial charge is 0.260 e. The maximum Gasteiger partial charge on any atom is 0.260 e. The SMILES string of the molecule is CCOc1cc(C(=O)N2CCC(N3CCOCC3)CC2)ccc1Nc1cc2c(cn1)N(C)C(=O)c1ccccc1N2C. The van der Waals surface area contributed by atoms with Crippen LogP contribution in [0.25, 0.3) is 0 Å². The van der Waals surface area contributed by atoms with Crippen LogP contribution in [0.2, 0.25) is 0 Å². The van der Waals surface area contributed by atoms with Crippen LogP contribution in [0.5, 0.6) is 5.75 Å². The molecule has 6 rings (SSSR count). The van der Waals surface area contributed by atoms with Gasteiger partial charge in [0.25, 0.3) is 11.8 Å². The molecule has 0 spiro atoms. The number of hydrogen-bond acceptors (Lipinski definition) is 8. The first kappa shape index (κ1) is 28.0. The number of fused-ring (bicyclic) bond motifs is 2. The summed E-state index contributed by atoms with van der Waals surface area (Å²) in [5, 5.41) is 3.38. The van der Waals surface area contributed by atoms with E-state index in [1.165, 1.54) is 0 Å². The molecule has 0 radical (unpaired) electrons. The molecule has 2 saturated heterocycles. The Bertz CT molecular complexity index is 1470. The summed E-state index contributed by atoms with van der Waals surface area (Å²) in [6.07, 6.45) is 3.66. The first-order valence-electron chi connectivity index (χ1n) is 14.7. The molecule has 2 fully saturated rings. The zero-order chi connectivity index (χ0) is 29.2. The Hall–Kier alpha value is -4.15. The minimum Gasteiger partial charge on any atom is -0.492 e. The quantitative estimate of drug-likeness (QED) is 0.463. The lowest BCUT2D eigenvalue weighted by atomic mass is 10.0. The van der Waals surface area contributed by atoms with Crippen LogP contribution in [0.1, 0.15) is 40.5 Å². The Kier molecular flexibility index (Phi) is 7.99. The number of aromatic nitrogens is 1. The molecule has 4 heterocycles. The van der Waals surface area contributed by atoms with Crippen molar-refractivity contribution in [3.63, 3.8) is 0 Å². The van der Waals surface area contributed by atoms with Crippen molar-refractivity contribution in [1.82, 2.24) is 14.8 Å². The molecule has 3 aromatic rings. The number of rotatable bonds is 6. The second-order valence-corrected chi connectivity index (χ2v) is 10.9. The number of para-hydroxylation sites is 1. The largest absolute Gasteiger partial charge is 0.492 e. The fraction of sp³-hybridized carbons (Fsp3) is 0.406. The van der Waals surface area contributed by atoms with Gasteiger partial charge in [0.15, 0.2) is 0 Å². The van der Waals surface area contributed by atoms with Gasteiger partial charge in [-0.15, -0.1) is 0 Å². The zero-order valence-electron chi connectivity index (χ0n) is 24.5. The average Bonchev–Trinajstić information content (AvgIpc) is 3.11. The number of benzene rings is 2. The molecule has 0 atom stereocenters. The van der Waals surface area contributed by atoms with Gasteiger partial charge in [-0.3, -0.25) is 14.5 Å². The van der Waals surface area contributed by atoms with Crippen LogP contribution in [0, 0.1) is 0 Å². The molecule has 1 aromatic heterocycles. The van der Waals surface area contributed by atoms with Gasteiger partial charge in [-0.05, 0) is 50.1 Å². The van der Waals surface area contributed by atoms with Crippen LogP contribution in [-0.2, 0) is 4.74 Å². The van der Waals surface area contributed by atoms with Gasteiger partial charge < -0.3 is 29.5 Å². The number of carbonyl (C=O) groups excluding carboxylic acids is 2. The predicted octanol–water partition coefficient (Wildman–Crippen LogP) is 4.52. The van der Waals surface area contributed by atoms with E-state index in [2.05, 4.69) is 15.2 Å². The Morgan fingerprint density at radius 2 is 1.74 bits per heavy atom. The monoisotopic (exact) mass is 570 g/mol. The highest BCUT2D eigenvalue weighted by atomic mass is 16.5. The van der Waals surface area contributed by atoms with Crippen molar-refractivity contribution < 1.29 is 19.1 Å². The highest BCUT2D eigenvalue weighted by Crippen LogP contribution is 2.40. The molecule has 10 heteroatoms. The zero-order valence-corrected chi connectivity index (χ0v) is 24.5. The van der Waals surface area contributed by atoms with Crippen molar-refractivity contribution in [2.24, 2.45) is 0 Å². The van der Waals surface area contributed by atoms with E-state index in [1.54, 1.807) is 18.1 Å². The van der Waals surface area contributed by atoms with Crippen molar-refractivity contribution in [1.29, 1.82) is 0 Å². The number of hydrogen-bond donors (Lipinski definition) is 1. The fourth-order valence-corrected chi connectivity index (χ4v) is 6.13. The molecule has 1 N–H and O–H groups in total. The number of ether oxygens (including phenoxy) is 2. The number of piperidine rings is 1. The van der Waals surface area contributed by atoms with Gasteiger partial charge in [0.2, 0.25) is 0 Å². The van der Waals surface area contributed by atoms with Gasteiger partial charge in [-0.25, -0.2) is 4.98 Å². The Morgan fingerprint density at radius 1 is 0.976 bits per heavy atom. The molecule has 3 aliphatic rings. The van der Waals surface area contributed by atoms with E-state index in [0.29, 0.717) is 46.7 Å². The highest BCUT2D eigenvalue weighted by molar-refractivity contribution is 6.13. The third-order valence-corrected chi connectivity index (χ3v) is 8.49. The molecule has 220 valence electrons. The van der Waals surface area contributed by atoms with Crippen LogP contribution in [0.4, 0.5) is 28.6 Å². The van der Waals surface area contributed by atoms with Crippen molar-refractivity contribution in [3.05, 3.63) is 65.9 Å². The molecular weight excluding hydrogens is 532 g/mol. The van der Waals surface area contributed by atoms with E-state index in [-0.39, 0.29) is 11.8 Å². The van der Waals surface area contributed by atoms with Gasteiger partial charge in [0.1, 0.15) is 11.6 Å². The summed E-state index contributed by atoms with van der Waals surface area (Å²) in [5.74, 6) is 1.14. The lowest BCUT2D eigenvalue weighted by Gasteiger charge is -2.40. The summed E-state index contributed by atoms with van der Waals surface area (Å²) in [7, 11) is 3.71. The standard InChI is InChI=1S/C32H38N6O4/c1-4-42-29-19-22(31(39)38-13-11-23(12-14-38)37-15-17-41-18-16-37)9-10-25(29)34-30-20-27-28(21-33-30)36(3)32(40)24-7-5-6-8-26(24)35(27)2/h5-10,19-21,23H,4,11-18H2,1-3H3,(H,33,34). The topological polar surface area (TPSA) is 90.5 Å². The number of anilines is 5. The summed E-state index contributed by atoms with van der Waals surface area (Å²) < 4.78 is 11.5. The van der Waals surface area contributed by atoms with Gasteiger partial charge in [-0.2, -0.15) is 0 Å². The number of carbonyl (C=O) groups is 2. The van der Waals surface area contributed by atoms with Gasteiger partial charge in [-0.1, -0.05) is 12.1 Å². The van der Waals surface area contributed by atoms with Crippen LogP contribution < -0.4 is 19.9 Å². The second kappa shape index (κ2) is 12.0. The van der Waals surface area contributed by atoms with Gasteiger partial charge >= 0.3 is 0 Å². The van der Waals surface area contributed by atoms with E-state index in [9.17, 15) is 9.59 Å². The van der Waals surface area contributed by atoms with Crippen LogP contribution in [0.3, 0.4) is 0 Å². The van der Waals surface area contributed by atoms with Crippen LogP contribution in [-0.4, -0.2) is 92.7 Å². The second-order valence-electron chi connectivity index (χ2n) is 10.9. The molecule has 0 unspecified atom stereocenters. The maximum atomic E-state index is 13.5.